The SMILES string of the molecule is CCc1ccccc1Nc1nc(N)nc(CSc2nnc(-c3ccc(F)cc3)n2C)n1. The summed E-state index contributed by atoms with van der Waals surface area (Å²) < 4.78 is 15.0. The number of rotatable bonds is 7. The fraction of sp³-hybridized carbons (Fsp3) is 0.190. The van der Waals surface area contributed by atoms with Crippen molar-refractivity contribution in [1.82, 2.24) is 29.7 Å². The first-order chi connectivity index (χ1) is 15.0. The molecule has 0 atom stereocenters. The third kappa shape index (κ3) is 4.80. The number of hydrogen-bond acceptors (Lipinski definition) is 8. The van der Waals surface area contributed by atoms with Gasteiger partial charge in [0, 0.05) is 18.3 Å². The van der Waals surface area contributed by atoms with Gasteiger partial charge in [0.05, 0.1) is 5.75 Å². The van der Waals surface area contributed by atoms with Gasteiger partial charge in [-0.1, -0.05) is 36.9 Å². The van der Waals surface area contributed by atoms with Crippen LogP contribution in [-0.4, -0.2) is 29.7 Å². The van der Waals surface area contributed by atoms with Gasteiger partial charge in [-0.2, -0.15) is 15.0 Å². The molecule has 4 rings (SSSR count). The van der Waals surface area contributed by atoms with Gasteiger partial charge in [0.2, 0.25) is 11.9 Å². The Morgan fingerprint density at radius 1 is 1.03 bits per heavy atom. The van der Waals surface area contributed by atoms with Crippen LogP contribution in [0.15, 0.2) is 53.7 Å². The van der Waals surface area contributed by atoms with Gasteiger partial charge >= 0.3 is 0 Å². The molecule has 0 amide bonds. The van der Waals surface area contributed by atoms with Crippen LogP contribution in [0.25, 0.3) is 11.4 Å². The molecule has 0 bridgehead atoms. The van der Waals surface area contributed by atoms with Crippen LogP contribution >= 0.6 is 11.8 Å². The number of para-hydroxylation sites is 1. The molecule has 0 aliphatic carbocycles. The Kier molecular flexibility index (Phi) is 6.08. The molecule has 2 heterocycles. The molecule has 8 nitrogen and oxygen atoms in total. The van der Waals surface area contributed by atoms with E-state index in [1.54, 1.807) is 12.1 Å². The number of nitrogens with two attached hydrogens (primary N) is 1. The first kappa shape index (κ1) is 20.7. The number of benzene rings is 2. The Morgan fingerprint density at radius 3 is 2.58 bits per heavy atom. The summed E-state index contributed by atoms with van der Waals surface area (Å²) in [6.45, 7) is 2.09. The van der Waals surface area contributed by atoms with E-state index in [0.29, 0.717) is 28.5 Å². The number of anilines is 3. The number of aryl methyl sites for hydroxylation is 1. The quantitative estimate of drug-likeness (QED) is 0.419. The normalized spacial score (nSPS) is 10.9. The zero-order valence-corrected chi connectivity index (χ0v) is 17.9. The molecule has 3 N–H and O–H groups in total. The zero-order valence-electron chi connectivity index (χ0n) is 17.1. The summed E-state index contributed by atoms with van der Waals surface area (Å²) in [5.74, 6) is 1.86. The van der Waals surface area contributed by atoms with Crippen LogP contribution in [-0.2, 0) is 19.2 Å². The van der Waals surface area contributed by atoms with Crippen LogP contribution in [0.2, 0.25) is 0 Å². The summed E-state index contributed by atoms with van der Waals surface area (Å²) in [5, 5.41) is 12.4. The maximum Gasteiger partial charge on any atom is 0.232 e. The Bertz CT molecular complexity index is 1190. The topological polar surface area (TPSA) is 107 Å². The number of halogens is 1. The average molecular weight is 437 g/mol. The summed E-state index contributed by atoms with van der Waals surface area (Å²) in [6, 6.07) is 14.1. The van der Waals surface area contributed by atoms with Crippen LogP contribution in [0.4, 0.5) is 22.0 Å². The third-order valence-corrected chi connectivity index (χ3v) is 5.63. The van der Waals surface area contributed by atoms with E-state index in [1.807, 2.05) is 29.8 Å². The number of nitrogens with zero attached hydrogens (tertiary/aromatic N) is 6. The van der Waals surface area contributed by atoms with Crippen molar-refractivity contribution in [2.45, 2.75) is 24.3 Å². The second-order valence-corrected chi connectivity index (χ2v) is 7.67. The van der Waals surface area contributed by atoms with Gasteiger partial charge in [-0.05, 0) is 42.3 Å². The van der Waals surface area contributed by atoms with Crippen LogP contribution in [0.1, 0.15) is 18.3 Å². The Balaban J connectivity index is 1.50. The highest BCUT2D eigenvalue weighted by atomic mass is 32.2. The number of thioether (sulfide) groups is 1. The van der Waals surface area contributed by atoms with Gasteiger partial charge in [0.15, 0.2) is 11.0 Å². The van der Waals surface area contributed by atoms with Crippen molar-refractivity contribution in [2.75, 3.05) is 11.1 Å². The fourth-order valence-electron chi connectivity index (χ4n) is 3.05. The van der Waals surface area contributed by atoms with Crippen LogP contribution in [0, 0.1) is 5.82 Å². The van der Waals surface area contributed by atoms with Crippen molar-refractivity contribution in [1.29, 1.82) is 0 Å². The van der Waals surface area contributed by atoms with Crippen molar-refractivity contribution in [3.05, 3.63) is 65.7 Å². The summed E-state index contributed by atoms with van der Waals surface area (Å²) in [5.41, 5.74) is 8.78. The molecular formula is C21H21FN8S. The standard InChI is InChI=1S/C21H21FN8S/c1-3-13-6-4-5-7-16(13)24-20-26-17(25-19(23)27-20)12-31-21-29-28-18(30(21)2)14-8-10-15(22)11-9-14/h4-11H,3,12H2,1-2H3,(H3,23,24,25,26,27). The molecule has 31 heavy (non-hydrogen) atoms. The van der Waals surface area contributed by atoms with Gasteiger partial charge in [0.25, 0.3) is 0 Å². The van der Waals surface area contributed by atoms with Gasteiger partial charge in [0.1, 0.15) is 11.6 Å². The second kappa shape index (κ2) is 9.09. The molecule has 10 heteroatoms. The van der Waals surface area contributed by atoms with Crippen molar-refractivity contribution in [2.24, 2.45) is 7.05 Å². The summed E-state index contributed by atoms with van der Waals surface area (Å²) >= 11 is 1.43. The van der Waals surface area contributed by atoms with E-state index in [0.717, 1.165) is 23.2 Å². The molecule has 0 saturated heterocycles. The number of nitrogen functional groups attached to an aromatic ring is 1. The zero-order chi connectivity index (χ0) is 21.8. The molecular weight excluding hydrogens is 415 g/mol. The maximum absolute atomic E-state index is 13.2. The highest BCUT2D eigenvalue weighted by molar-refractivity contribution is 7.98. The summed E-state index contributed by atoms with van der Waals surface area (Å²) in [6.07, 6.45) is 0.884. The highest BCUT2D eigenvalue weighted by Gasteiger charge is 2.13. The predicted molar refractivity (Wildman–Crippen MR) is 119 cm³/mol. The number of nitrogens with one attached hydrogen (secondary N) is 1. The Morgan fingerprint density at radius 2 is 1.81 bits per heavy atom. The van der Waals surface area contributed by atoms with E-state index in [4.69, 9.17) is 5.73 Å². The molecule has 0 spiro atoms. The van der Waals surface area contributed by atoms with Gasteiger partial charge in [-0.3, -0.25) is 0 Å². The molecule has 0 saturated carbocycles. The van der Waals surface area contributed by atoms with Crippen molar-refractivity contribution in [3.63, 3.8) is 0 Å². The lowest BCUT2D eigenvalue weighted by Gasteiger charge is -2.10. The third-order valence-electron chi connectivity index (χ3n) is 4.61. The summed E-state index contributed by atoms with van der Waals surface area (Å²) in [7, 11) is 1.86. The van der Waals surface area contributed by atoms with E-state index in [1.165, 1.54) is 23.9 Å². The average Bonchev–Trinajstić information content (AvgIpc) is 3.13. The van der Waals surface area contributed by atoms with Gasteiger partial charge < -0.3 is 15.6 Å². The maximum atomic E-state index is 13.2. The lowest BCUT2D eigenvalue weighted by molar-refractivity contribution is 0.628. The molecule has 4 aromatic rings. The fourth-order valence-corrected chi connectivity index (χ4v) is 3.82. The van der Waals surface area contributed by atoms with Crippen LogP contribution < -0.4 is 11.1 Å². The minimum atomic E-state index is -0.293. The molecule has 2 aromatic carbocycles. The lowest BCUT2D eigenvalue weighted by Crippen LogP contribution is -2.07. The molecule has 0 unspecified atom stereocenters. The molecule has 0 aliphatic rings. The Hall–Kier alpha value is -3.53. The van der Waals surface area contributed by atoms with Gasteiger partial charge in [-0.15, -0.1) is 10.2 Å². The molecule has 0 fully saturated rings. The lowest BCUT2D eigenvalue weighted by atomic mass is 10.1. The summed E-state index contributed by atoms with van der Waals surface area (Å²) in [4.78, 5) is 12.9. The van der Waals surface area contributed by atoms with Gasteiger partial charge in [-0.25, -0.2) is 4.39 Å². The van der Waals surface area contributed by atoms with Crippen LogP contribution in [0.5, 0.6) is 0 Å². The van der Waals surface area contributed by atoms with E-state index in [2.05, 4.69) is 43.5 Å². The van der Waals surface area contributed by atoms with Crippen molar-refractivity contribution < 1.29 is 4.39 Å². The molecule has 158 valence electrons. The molecule has 0 radical (unpaired) electrons. The minimum Gasteiger partial charge on any atom is -0.368 e. The molecule has 2 aromatic heterocycles. The van der Waals surface area contributed by atoms with E-state index in [9.17, 15) is 4.39 Å². The van der Waals surface area contributed by atoms with Crippen molar-refractivity contribution in [3.8, 4) is 11.4 Å². The predicted octanol–water partition coefficient (Wildman–Crippen LogP) is 3.99. The number of hydrogen-bond donors (Lipinski definition) is 2. The monoisotopic (exact) mass is 436 g/mol. The van der Waals surface area contributed by atoms with E-state index >= 15 is 0 Å². The molecule has 0 aliphatic heterocycles. The first-order valence-electron chi connectivity index (χ1n) is 9.67. The highest BCUT2D eigenvalue weighted by Crippen LogP contribution is 2.25. The van der Waals surface area contributed by atoms with Crippen molar-refractivity contribution >= 4 is 29.3 Å². The Labute approximate surface area is 183 Å². The van der Waals surface area contributed by atoms with Crippen LogP contribution in [0.3, 0.4) is 0 Å². The second-order valence-electron chi connectivity index (χ2n) is 6.73. The van der Waals surface area contributed by atoms with E-state index in [-0.39, 0.29) is 11.8 Å². The first-order valence-corrected chi connectivity index (χ1v) is 10.7. The minimum absolute atomic E-state index is 0.145. The van der Waals surface area contributed by atoms with E-state index < -0.39 is 0 Å². The number of aromatic nitrogens is 6. The largest absolute Gasteiger partial charge is 0.368 e. The smallest absolute Gasteiger partial charge is 0.232 e.